The Bertz CT molecular complexity index is 2490. The second-order valence-corrected chi connectivity index (χ2v) is 36.6. The molecule has 0 aromatic carbocycles. The summed E-state index contributed by atoms with van der Waals surface area (Å²) in [6, 6.07) is 0. The van der Waals surface area contributed by atoms with E-state index >= 15 is 0 Å². The monoisotopic (exact) mass is 1720 g/mol. The van der Waals surface area contributed by atoms with E-state index in [1.165, 1.54) is 212 Å². The largest absolute Gasteiger partial charge is 0.472 e. The number of carbonyl (C=O) groups is 4. The molecule has 3 aliphatic rings. The Morgan fingerprint density at radius 3 is 1.00 bits per heavy atom. The van der Waals surface area contributed by atoms with Crippen LogP contribution in [0.1, 0.15) is 433 Å². The molecule has 1 aliphatic carbocycles. The van der Waals surface area contributed by atoms with E-state index in [1.54, 1.807) is 0 Å². The van der Waals surface area contributed by atoms with Crippen LogP contribution in [0.2, 0.25) is 0 Å². The van der Waals surface area contributed by atoms with Gasteiger partial charge in [-0.1, -0.05) is 381 Å². The molecule has 2 aliphatic heterocycles. The molecule has 702 valence electrons. The number of ether oxygens (including phenoxy) is 8. The van der Waals surface area contributed by atoms with E-state index in [2.05, 4.69) is 34.6 Å². The second kappa shape index (κ2) is 71.5. The van der Waals surface area contributed by atoms with Gasteiger partial charge >= 0.3 is 31.7 Å². The zero-order valence-corrected chi connectivity index (χ0v) is 76.0. The Hall–Kier alpha value is -2.53. The van der Waals surface area contributed by atoms with Crippen molar-refractivity contribution in [2.45, 2.75) is 537 Å². The maximum atomic E-state index is 14.9. The van der Waals surface area contributed by atoms with Crippen LogP contribution < -0.4 is 0 Å². The highest BCUT2D eigenvalue weighted by atomic mass is 31.2. The van der Waals surface area contributed by atoms with Gasteiger partial charge in [-0.05, 0) is 31.6 Å². The first-order chi connectivity index (χ1) is 57.6. The van der Waals surface area contributed by atoms with E-state index in [0.29, 0.717) is 38.0 Å². The van der Waals surface area contributed by atoms with Gasteiger partial charge in [0.2, 0.25) is 0 Å². The maximum absolute atomic E-state index is 14.9. The van der Waals surface area contributed by atoms with Crippen LogP contribution in [0.4, 0.5) is 0 Å². The molecular formula is C93H175O25P. The van der Waals surface area contributed by atoms with Gasteiger partial charge in [0, 0.05) is 25.7 Å². The highest BCUT2D eigenvalue weighted by Gasteiger charge is 2.60. The minimum atomic E-state index is -5.81. The normalized spacial score (nSPS) is 25.0. The fraction of sp³-hybridized carbons (Fsp3) is 0.957. The summed E-state index contributed by atoms with van der Waals surface area (Å²) in [6.07, 6.45) is 28.0. The Balaban J connectivity index is 1.91. The minimum Gasteiger partial charge on any atom is -0.463 e. The smallest absolute Gasteiger partial charge is 0.463 e. The van der Waals surface area contributed by atoms with Gasteiger partial charge in [0.25, 0.3) is 0 Å². The molecule has 2 saturated heterocycles. The number of aliphatic hydroxyl groups is 9. The summed E-state index contributed by atoms with van der Waals surface area (Å²) in [5.74, 6) is -2.31. The Morgan fingerprint density at radius 2 is 0.630 bits per heavy atom. The zero-order valence-electron chi connectivity index (χ0n) is 75.1. The fourth-order valence-electron chi connectivity index (χ4n) is 16.4. The molecule has 0 aromatic heterocycles. The molecule has 0 amide bonds. The standard InChI is InChI=1S/C93H175O25P/c1-6-10-14-18-22-25-28-31-33-35-38-41-44-47-54-60-66-78(97)112-73(69-109-76(95)64-58-52-45-42-39-36-30-27-24-20-16-12-8-3)70-111-119(107,108)118-91-89(116-92-86(105)82(101)80(99)74(68-94)113-92)85(104)84(103)88(115-79(98)67-61-55-49-48-51-57-63-72(5)62-56-50-21-17-13-9-4)90(91)117-93-87(106)83(102)81(100)75(114-93)71-110-77(96)65-59-53-46-43-40-37-34-32-29-26-23-19-15-11-7-2/h72-75,80-94,99-106H,6-71H2,1-5H3,(H,107,108). The topological polar surface area (TPSA) is 380 Å². The number of hydrogen-bond donors (Lipinski definition) is 10. The van der Waals surface area contributed by atoms with Crippen molar-refractivity contribution in [3.8, 4) is 0 Å². The summed E-state index contributed by atoms with van der Waals surface area (Å²) in [6.45, 7) is 7.95. The molecule has 19 atom stereocenters. The van der Waals surface area contributed by atoms with Crippen molar-refractivity contribution < 1.29 is 122 Å². The Labute approximate surface area is 719 Å². The number of rotatable bonds is 79. The lowest BCUT2D eigenvalue weighted by molar-refractivity contribution is -0.360. The van der Waals surface area contributed by atoms with E-state index in [4.69, 9.17) is 46.9 Å². The van der Waals surface area contributed by atoms with Crippen molar-refractivity contribution in [2.24, 2.45) is 5.92 Å². The summed E-state index contributed by atoms with van der Waals surface area (Å²) in [5, 5.41) is 102. The lowest BCUT2D eigenvalue weighted by Crippen LogP contribution is -2.70. The highest BCUT2D eigenvalue weighted by molar-refractivity contribution is 7.47. The van der Waals surface area contributed by atoms with Crippen molar-refractivity contribution in [1.29, 1.82) is 0 Å². The average molecular weight is 1720 g/mol. The van der Waals surface area contributed by atoms with E-state index in [-0.39, 0.29) is 25.7 Å². The van der Waals surface area contributed by atoms with Crippen LogP contribution in [-0.2, 0) is 70.7 Å². The van der Waals surface area contributed by atoms with Gasteiger partial charge in [0.15, 0.2) is 24.8 Å². The van der Waals surface area contributed by atoms with Crippen LogP contribution in [0.5, 0.6) is 0 Å². The van der Waals surface area contributed by atoms with Crippen molar-refractivity contribution in [3.63, 3.8) is 0 Å². The number of hydrogen-bond acceptors (Lipinski definition) is 24. The molecule has 3 fully saturated rings. The van der Waals surface area contributed by atoms with E-state index in [9.17, 15) is 74.6 Å². The molecule has 2 heterocycles. The third-order valence-electron chi connectivity index (χ3n) is 24.3. The molecule has 19 unspecified atom stereocenters. The van der Waals surface area contributed by atoms with Gasteiger partial charge in [-0.2, -0.15) is 0 Å². The van der Waals surface area contributed by atoms with Gasteiger partial charge in [-0.15, -0.1) is 0 Å². The van der Waals surface area contributed by atoms with Gasteiger partial charge in [0.1, 0.15) is 92.6 Å². The molecule has 0 spiro atoms. The van der Waals surface area contributed by atoms with E-state index < -0.39 is 162 Å². The number of esters is 4. The average Bonchev–Trinajstić information content (AvgIpc) is 0.754. The van der Waals surface area contributed by atoms with E-state index in [1.807, 2.05) is 0 Å². The minimum absolute atomic E-state index is 0.0197. The number of phosphoric acid groups is 1. The summed E-state index contributed by atoms with van der Waals surface area (Å²) in [5.41, 5.74) is 0. The lowest BCUT2D eigenvalue weighted by atomic mass is 9.84. The number of carbonyl (C=O) groups excluding carboxylic acids is 4. The van der Waals surface area contributed by atoms with Gasteiger partial charge < -0.3 is 88.7 Å². The number of phosphoric ester groups is 1. The molecule has 1 saturated carbocycles. The van der Waals surface area contributed by atoms with Gasteiger partial charge in [0.05, 0.1) is 13.2 Å². The van der Waals surface area contributed by atoms with Crippen molar-refractivity contribution in [2.75, 3.05) is 26.4 Å². The third-order valence-corrected chi connectivity index (χ3v) is 25.2. The first kappa shape index (κ1) is 111. The molecule has 3 rings (SSSR count). The van der Waals surface area contributed by atoms with E-state index in [0.717, 1.165) is 128 Å². The van der Waals surface area contributed by atoms with Crippen LogP contribution >= 0.6 is 7.82 Å². The molecule has 0 bridgehead atoms. The first-order valence-corrected chi connectivity index (χ1v) is 50.2. The van der Waals surface area contributed by atoms with Crippen LogP contribution in [0.15, 0.2) is 0 Å². The van der Waals surface area contributed by atoms with Crippen LogP contribution in [0.3, 0.4) is 0 Å². The molecule has 10 N–H and O–H groups in total. The SMILES string of the molecule is CCCCCCCCCCCCCCCCCCC(=O)OC(COC(=O)CCCCCCCCCCCCCCC)COP(=O)(O)OC1C(OC2OC(CO)C(O)C(O)C2O)C(O)C(O)C(OC(=O)CCCCCCCCC(C)CCCCCCCC)C1OC1OC(COC(=O)CCCCCCCCCCCCCCCCC)C(O)C(O)C1O. The molecule has 25 nitrogen and oxygen atoms in total. The molecule has 26 heteroatoms. The fourth-order valence-corrected chi connectivity index (χ4v) is 17.4. The molecular weight excluding hydrogens is 1550 g/mol. The van der Waals surface area contributed by atoms with Crippen LogP contribution in [-0.4, -0.2) is 205 Å². The van der Waals surface area contributed by atoms with Crippen molar-refractivity contribution >= 4 is 31.7 Å². The summed E-state index contributed by atoms with van der Waals surface area (Å²) in [4.78, 5) is 66.6. The summed E-state index contributed by atoms with van der Waals surface area (Å²) < 4.78 is 73.6. The second-order valence-electron chi connectivity index (χ2n) is 35.2. The summed E-state index contributed by atoms with van der Waals surface area (Å²) in [7, 11) is -5.81. The predicted molar refractivity (Wildman–Crippen MR) is 463 cm³/mol. The first-order valence-electron chi connectivity index (χ1n) is 48.7. The summed E-state index contributed by atoms with van der Waals surface area (Å²) >= 11 is 0. The van der Waals surface area contributed by atoms with Gasteiger partial charge in [-0.25, -0.2) is 4.57 Å². The highest BCUT2D eigenvalue weighted by Crippen LogP contribution is 2.49. The van der Waals surface area contributed by atoms with Crippen LogP contribution in [0, 0.1) is 5.92 Å². The predicted octanol–water partition coefficient (Wildman–Crippen LogP) is 18.4. The van der Waals surface area contributed by atoms with Gasteiger partial charge in [-0.3, -0.25) is 28.2 Å². The quantitative estimate of drug-likeness (QED) is 0.0117. The molecule has 119 heavy (non-hydrogen) atoms. The Kier molecular flexibility index (Phi) is 66.5. The molecule has 0 aromatic rings. The number of aliphatic hydroxyl groups excluding tert-OH is 9. The lowest BCUT2D eigenvalue weighted by Gasteiger charge is -2.50. The Morgan fingerprint density at radius 1 is 0.328 bits per heavy atom. The third kappa shape index (κ3) is 51.8. The zero-order chi connectivity index (χ0) is 86.9. The van der Waals surface area contributed by atoms with Crippen molar-refractivity contribution in [1.82, 2.24) is 0 Å². The van der Waals surface area contributed by atoms with Crippen molar-refractivity contribution in [3.05, 3.63) is 0 Å². The number of unbranched alkanes of at least 4 members (excludes halogenated alkanes) is 51. The maximum Gasteiger partial charge on any atom is 0.472 e. The van der Waals surface area contributed by atoms with Crippen LogP contribution in [0.25, 0.3) is 0 Å². The molecule has 0 radical (unpaired) electrons.